The zero-order chi connectivity index (χ0) is 17.3. The molecular formula is C21H38OSi. The molecule has 0 aromatic heterocycles. The summed E-state index contributed by atoms with van der Waals surface area (Å²) in [6, 6.07) is 9.01. The summed E-state index contributed by atoms with van der Waals surface area (Å²) in [6.07, 6.45) is 9.40. The van der Waals surface area contributed by atoms with Crippen LogP contribution in [0.5, 0.6) is 0 Å². The Hall–Kier alpha value is -0.603. The Morgan fingerprint density at radius 1 is 0.913 bits per heavy atom. The maximum Gasteiger partial charge on any atom is 0.192 e. The van der Waals surface area contributed by atoms with Gasteiger partial charge in [0.15, 0.2) is 8.32 Å². The van der Waals surface area contributed by atoms with Crippen LogP contribution in [0, 0.1) is 0 Å². The third kappa shape index (κ3) is 7.67. The first-order valence-corrected chi connectivity index (χ1v) is 12.4. The second-order valence-electron chi connectivity index (χ2n) is 8.39. The van der Waals surface area contributed by atoms with Crippen molar-refractivity contribution in [2.45, 2.75) is 97.4 Å². The van der Waals surface area contributed by atoms with Crippen LogP contribution in [0.15, 0.2) is 24.3 Å². The molecule has 2 heteroatoms. The largest absolute Gasteiger partial charge is 0.413 e. The van der Waals surface area contributed by atoms with Crippen LogP contribution in [0.3, 0.4) is 0 Å². The number of benzene rings is 1. The van der Waals surface area contributed by atoms with Crippen LogP contribution in [0.2, 0.25) is 18.1 Å². The van der Waals surface area contributed by atoms with Crippen molar-refractivity contribution in [2.24, 2.45) is 0 Å². The van der Waals surface area contributed by atoms with E-state index >= 15 is 0 Å². The van der Waals surface area contributed by atoms with Crippen molar-refractivity contribution in [3.8, 4) is 0 Å². The van der Waals surface area contributed by atoms with E-state index < -0.39 is 8.32 Å². The molecule has 23 heavy (non-hydrogen) atoms. The summed E-state index contributed by atoms with van der Waals surface area (Å²) in [5.41, 5.74) is 2.80. The van der Waals surface area contributed by atoms with Crippen LogP contribution in [-0.4, -0.2) is 8.32 Å². The molecule has 0 spiro atoms. The molecule has 0 N–H and O–H groups in total. The molecule has 1 aromatic carbocycles. The van der Waals surface area contributed by atoms with Crippen LogP contribution in [0.1, 0.15) is 77.3 Å². The Balaban J connectivity index is 2.42. The Morgan fingerprint density at radius 2 is 1.52 bits per heavy atom. The van der Waals surface area contributed by atoms with Crippen LogP contribution < -0.4 is 0 Å². The molecule has 132 valence electrons. The second kappa shape index (κ2) is 9.63. The van der Waals surface area contributed by atoms with Gasteiger partial charge in [0.05, 0.1) is 6.61 Å². The molecular weight excluding hydrogens is 296 g/mol. The third-order valence-corrected chi connectivity index (χ3v) is 9.69. The maximum absolute atomic E-state index is 6.34. The van der Waals surface area contributed by atoms with Crippen molar-refractivity contribution in [3.63, 3.8) is 0 Å². The summed E-state index contributed by atoms with van der Waals surface area (Å²) in [5.74, 6) is 0. The van der Waals surface area contributed by atoms with E-state index in [2.05, 4.69) is 65.1 Å². The highest BCUT2D eigenvalue weighted by atomic mass is 28.4. The van der Waals surface area contributed by atoms with Crippen LogP contribution >= 0.6 is 0 Å². The van der Waals surface area contributed by atoms with E-state index in [1.165, 1.54) is 56.1 Å². The summed E-state index contributed by atoms with van der Waals surface area (Å²) < 4.78 is 6.34. The first-order valence-electron chi connectivity index (χ1n) is 9.48. The lowest BCUT2D eigenvalue weighted by atomic mass is 10.0. The minimum atomic E-state index is -1.65. The van der Waals surface area contributed by atoms with Crippen molar-refractivity contribution >= 4 is 8.32 Å². The summed E-state index contributed by atoms with van der Waals surface area (Å²) >= 11 is 0. The number of rotatable bonds is 10. The van der Waals surface area contributed by atoms with E-state index in [1.54, 1.807) is 0 Å². The molecule has 1 nitrogen and oxygen atoms in total. The molecule has 0 aliphatic heterocycles. The van der Waals surface area contributed by atoms with Gasteiger partial charge in [-0.25, -0.2) is 0 Å². The Kier molecular flexibility index (Phi) is 8.56. The average Bonchev–Trinajstić information content (AvgIpc) is 2.48. The smallest absolute Gasteiger partial charge is 0.192 e. The van der Waals surface area contributed by atoms with Crippen LogP contribution in [-0.2, 0) is 17.5 Å². The molecule has 0 saturated carbocycles. The molecule has 0 aliphatic rings. The highest BCUT2D eigenvalue weighted by Gasteiger charge is 2.36. The van der Waals surface area contributed by atoms with Gasteiger partial charge in [0.25, 0.3) is 0 Å². The fourth-order valence-electron chi connectivity index (χ4n) is 2.46. The van der Waals surface area contributed by atoms with Gasteiger partial charge in [0.2, 0.25) is 0 Å². The van der Waals surface area contributed by atoms with E-state index in [0.717, 1.165) is 6.61 Å². The van der Waals surface area contributed by atoms with Gasteiger partial charge in [0.1, 0.15) is 0 Å². The van der Waals surface area contributed by atoms with Crippen LogP contribution in [0.4, 0.5) is 0 Å². The molecule has 1 aromatic rings. The highest BCUT2D eigenvalue weighted by Crippen LogP contribution is 2.37. The number of aryl methyl sites for hydroxylation is 1. The molecule has 0 atom stereocenters. The fourth-order valence-corrected chi connectivity index (χ4v) is 3.43. The molecule has 0 fully saturated rings. The number of hydrogen-bond donors (Lipinski definition) is 0. The Morgan fingerprint density at radius 3 is 2.17 bits per heavy atom. The van der Waals surface area contributed by atoms with Crippen molar-refractivity contribution in [3.05, 3.63) is 35.4 Å². The lowest BCUT2D eigenvalue weighted by Gasteiger charge is -2.36. The molecule has 0 amide bonds. The van der Waals surface area contributed by atoms with Crippen molar-refractivity contribution < 1.29 is 4.43 Å². The highest BCUT2D eigenvalue weighted by molar-refractivity contribution is 6.74. The van der Waals surface area contributed by atoms with Gasteiger partial charge in [-0.05, 0) is 42.1 Å². The van der Waals surface area contributed by atoms with Gasteiger partial charge in [-0.15, -0.1) is 0 Å². The van der Waals surface area contributed by atoms with E-state index in [4.69, 9.17) is 4.43 Å². The Bertz CT molecular complexity index is 445. The van der Waals surface area contributed by atoms with Gasteiger partial charge in [-0.3, -0.25) is 0 Å². The van der Waals surface area contributed by atoms with Gasteiger partial charge in [-0.2, -0.15) is 0 Å². The normalized spacial score (nSPS) is 12.6. The van der Waals surface area contributed by atoms with E-state index in [-0.39, 0.29) is 5.04 Å². The first-order chi connectivity index (χ1) is 10.8. The van der Waals surface area contributed by atoms with E-state index in [1.807, 2.05) is 0 Å². The van der Waals surface area contributed by atoms with Gasteiger partial charge >= 0.3 is 0 Å². The quantitative estimate of drug-likeness (QED) is 0.327. The predicted molar refractivity (Wildman–Crippen MR) is 106 cm³/mol. The van der Waals surface area contributed by atoms with Crippen molar-refractivity contribution in [1.82, 2.24) is 0 Å². The molecule has 0 radical (unpaired) electrons. The summed E-state index contributed by atoms with van der Waals surface area (Å²) in [5, 5.41) is 0.281. The Labute approximate surface area is 146 Å². The fraction of sp³-hybridized carbons (Fsp3) is 0.714. The maximum atomic E-state index is 6.34. The summed E-state index contributed by atoms with van der Waals surface area (Å²) in [7, 11) is -1.65. The lowest BCUT2D eigenvalue weighted by molar-refractivity contribution is 0.276. The van der Waals surface area contributed by atoms with Crippen molar-refractivity contribution in [1.29, 1.82) is 0 Å². The monoisotopic (exact) mass is 334 g/mol. The molecule has 1 rings (SSSR count). The van der Waals surface area contributed by atoms with Gasteiger partial charge < -0.3 is 4.43 Å². The molecule has 0 heterocycles. The number of hydrogen-bond acceptors (Lipinski definition) is 1. The minimum absolute atomic E-state index is 0.281. The van der Waals surface area contributed by atoms with Crippen molar-refractivity contribution in [2.75, 3.05) is 0 Å². The summed E-state index contributed by atoms with van der Waals surface area (Å²) in [6.45, 7) is 14.6. The average molecular weight is 335 g/mol. The molecule has 0 unspecified atom stereocenters. The minimum Gasteiger partial charge on any atom is -0.413 e. The zero-order valence-electron chi connectivity index (χ0n) is 16.4. The SMILES string of the molecule is CCCCCCCCc1cccc(CO[Si](C)(C)C(C)(C)C)c1. The van der Waals surface area contributed by atoms with Gasteiger partial charge in [-0.1, -0.05) is 84.1 Å². The molecule has 0 bridgehead atoms. The predicted octanol–water partition coefficient (Wildman–Crippen LogP) is 7.11. The number of unbranched alkanes of at least 4 members (excludes halogenated alkanes) is 5. The lowest BCUT2D eigenvalue weighted by Crippen LogP contribution is -2.40. The van der Waals surface area contributed by atoms with E-state index in [9.17, 15) is 0 Å². The second-order valence-corrected chi connectivity index (χ2v) is 13.2. The van der Waals surface area contributed by atoms with Gasteiger partial charge in [0, 0.05) is 0 Å². The standard InChI is InChI=1S/C21H38OSi/c1-7-8-9-10-11-12-14-19-15-13-16-20(17-19)18-22-23(5,6)21(2,3)4/h13,15-17H,7-12,14,18H2,1-6H3. The zero-order valence-corrected chi connectivity index (χ0v) is 17.4. The van der Waals surface area contributed by atoms with Crippen LogP contribution in [0.25, 0.3) is 0 Å². The summed E-state index contributed by atoms with van der Waals surface area (Å²) in [4.78, 5) is 0. The molecule has 0 aliphatic carbocycles. The topological polar surface area (TPSA) is 9.23 Å². The third-order valence-electron chi connectivity index (χ3n) is 5.22. The van der Waals surface area contributed by atoms with E-state index in [0.29, 0.717) is 0 Å². The first kappa shape index (κ1) is 20.4. The molecule has 0 saturated heterocycles.